The average Bonchev–Trinajstić information content (AvgIpc) is 3.19. The molecule has 3 N–H and O–H groups in total. The van der Waals surface area contributed by atoms with Gasteiger partial charge in [-0.3, -0.25) is 9.48 Å². The van der Waals surface area contributed by atoms with Crippen LogP contribution in [0.1, 0.15) is 24.5 Å². The molecule has 9 heteroatoms. The quantitative estimate of drug-likeness (QED) is 0.600. The predicted octanol–water partition coefficient (Wildman–Crippen LogP) is 1.16. The molecule has 0 bridgehead atoms. The van der Waals surface area contributed by atoms with Crippen LogP contribution in [0, 0.1) is 5.92 Å². The summed E-state index contributed by atoms with van der Waals surface area (Å²) < 4.78 is 25.3. The van der Waals surface area contributed by atoms with Crippen LogP contribution in [0.15, 0.2) is 36.7 Å². The largest absolute Gasteiger partial charge is 0.508 e. The summed E-state index contributed by atoms with van der Waals surface area (Å²) in [6.45, 7) is 2.59. The maximum atomic E-state index is 11.8. The summed E-state index contributed by atoms with van der Waals surface area (Å²) in [6, 6.07) is 6.59. The molecule has 1 aromatic carbocycles. The van der Waals surface area contributed by atoms with Crippen molar-refractivity contribution in [2.75, 3.05) is 18.1 Å². The lowest BCUT2D eigenvalue weighted by molar-refractivity contribution is -0.141. The summed E-state index contributed by atoms with van der Waals surface area (Å²) in [5.74, 6) is -1.17. The number of carbonyl (C=O) groups is 1. The molecule has 0 saturated carbocycles. The van der Waals surface area contributed by atoms with Crippen molar-refractivity contribution >= 4 is 15.8 Å². The summed E-state index contributed by atoms with van der Waals surface area (Å²) in [5.41, 5.74) is 1.10. The molecule has 1 aliphatic rings. The number of aromatic nitrogens is 2. The number of sulfone groups is 1. The number of carboxylic acids is 1. The fourth-order valence-electron chi connectivity index (χ4n) is 3.53. The molecule has 2 aromatic rings. The van der Waals surface area contributed by atoms with Gasteiger partial charge in [0, 0.05) is 24.8 Å². The highest BCUT2D eigenvalue weighted by atomic mass is 32.2. The molecular weight excluding hydrogens is 382 g/mol. The van der Waals surface area contributed by atoms with E-state index in [2.05, 4.69) is 10.4 Å². The first-order valence-electron chi connectivity index (χ1n) is 9.13. The van der Waals surface area contributed by atoms with Crippen molar-refractivity contribution in [3.8, 4) is 5.75 Å². The van der Waals surface area contributed by atoms with Crippen molar-refractivity contribution in [2.45, 2.75) is 31.8 Å². The molecule has 3 rings (SSSR count). The minimum absolute atomic E-state index is 0.0829. The number of nitrogens with one attached hydrogen (secondary N) is 1. The standard InChI is InChI=1S/C19H25N3O5S/c1-19(5-6-28(26,27)13-19)22-12-15(10-21-22)9-20-11-16(18(24)25)7-14-3-2-4-17(23)8-14/h2-4,8,10,12,16,20,23H,5-7,9,11,13H2,1H3,(H,24,25). The van der Waals surface area contributed by atoms with E-state index in [-0.39, 0.29) is 23.8 Å². The number of aliphatic carboxylic acids is 1. The molecule has 0 radical (unpaired) electrons. The highest BCUT2D eigenvalue weighted by Gasteiger charge is 2.40. The molecule has 2 unspecified atom stereocenters. The lowest BCUT2D eigenvalue weighted by atomic mass is 9.99. The Morgan fingerprint density at radius 1 is 1.39 bits per heavy atom. The Morgan fingerprint density at radius 3 is 2.82 bits per heavy atom. The molecule has 1 fully saturated rings. The second kappa shape index (κ2) is 7.92. The SMILES string of the molecule is CC1(n2cc(CNCC(Cc3cccc(O)c3)C(=O)O)cn2)CCS(=O)(=O)C1. The Labute approximate surface area is 164 Å². The first-order valence-corrected chi connectivity index (χ1v) is 10.9. The third kappa shape index (κ3) is 4.90. The van der Waals surface area contributed by atoms with Crippen molar-refractivity contribution in [3.63, 3.8) is 0 Å². The molecule has 28 heavy (non-hydrogen) atoms. The number of aromatic hydroxyl groups is 1. The smallest absolute Gasteiger partial charge is 0.308 e. The number of phenols is 1. The maximum Gasteiger partial charge on any atom is 0.308 e. The maximum absolute atomic E-state index is 11.8. The lowest BCUT2D eigenvalue weighted by Crippen LogP contribution is -2.32. The van der Waals surface area contributed by atoms with E-state index in [1.807, 2.05) is 13.1 Å². The average molecular weight is 407 g/mol. The summed E-state index contributed by atoms with van der Waals surface area (Å²) in [4.78, 5) is 11.5. The van der Waals surface area contributed by atoms with E-state index in [9.17, 15) is 23.4 Å². The third-order valence-electron chi connectivity index (χ3n) is 5.13. The fraction of sp³-hybridized carbons (Fsp3) is 0.474. The Hall–Kier alpha value is -2.39. The van der Waals surface area contributed by atoms with Crippen LogP contribution in [0.2, 0.25) is 0 Å². The van der Waals surface area contributed by atoms with Crippen LogP contribution in [-0.4, -0.2) is 52.4 Å². The van der Waals surface area contributed by atoms with Crippen LogP contribution in [0.4, 0.5) is 0 Å². The van der Waals surface area contributed by atoms with E-state index in [0.29, 0.717) is 19.4 Å². The lowest BCUT2D eigenvalue weighted by Gasteiger charge is -2.22. The molecule has 152 valence electrons. The molecule has 2 heterocycles. The number of hydrogen-bond donors (Lipinski definition) is 3. The second-order valence-electron chi connectivity index (χ2n) is 7.67. The molecular formula is C19H25N3O5S. The Bertz CT molecular complexity index is 956. The molecule has 0 spiro atoms. The van der Waals surface area contributed by atoms with E-state index in [0.717, 1.165) is 11.1 Å². The number of nitrogens with zero attached hydrogens (tertiary/aromatic N) is 2. The van der Waals surface area contributed by atoms with Gasteiger partial charge < -0.3 is 15.5 Å². The third-order valence-corrected chi connectivity index (χ3v) is 7.02. The van der Waals surface area contributed by atoms with E-state index >= 15 is 0 Å². The van der Waals surface area contributed by atoms with E-state index in [1.54, 1.807) is 35.1 Å². The van der Waals surface area contributed by atoms with Crippen molar-refractivity contribution in [3.05, 3.63) is 47.8 Å². The van der Waals surface area contributed by atoms with E-state index < -0.39 is 27.3 Å². The van der Waals surface area contributed by atoms with Gasteiger partial charge in [-0.25, -0.2) is 8.42 Å². The molecule has 1 saturated heterocycles. The van der Waals surface area contributed by atoms with Gasteiger partial charge in [0.15, 0.2) is 9.84 Å². The first kappa shape index (κ1) is 20.3. The molecule has 0 aliphatic carbocycles. The van der Waals surface area contributed by atoms with Crippen LogP contribution in [0.25, 0.3) is 0 Å². The van der Waals surface area contributed by atoms with Crippen molar-refractivity contribution in [2.24, 2.45) is 5.92 Å². The van der Waals surface area contributed by atoms with Gasteiger partial charge in [0.1, 0.15) is 5.75 Å². The summed E-state index contributed by atoms with van der Waals surface area (Å²) in [6.07, 6.45) is 4.34. The van der Waals surface area contributed by atoms with Crippen LogP contribution in [0.5, 0.6) is 5.75 Å². The van der Waals surface area contributed by atoms with Gasteiger partial charge in [0.2, 0.25) is 0 Å². The minimum Gasteiger partial charge on any atom is -0.508 e. The van der Waals surface area contributed by atoms with Crippen LogP contribution in [-0.2, 0) is 33.1 Å². The van der Waals surface area contributed by atoms with Gasteiger partial charge >= 0.3 is 5.97 Å². The molecule has 2 atom stereocenters. The summed E-state index contributed by atoms with van der Waals surface area (Å²) in [5, 5.41) is 26.4. The molecule has 1 aromatic heterocycles. The van der Waals surface area contributed by atoms with Gasteiger partial charge in [-0.15, -0.1) is 0 Å². The van der Waals surface area contributed by atoms with E-state index in [4.69, 9.17) is 0 Å². The van der Waals surface area contributed by atoms with Crippen LogP contribution in [0.3, 0.4) is 0 Å². The fourth-order valence-corrected chi connectivity index (χ4v) is 5.65. The zero-order valence-corrected chi connectivity index (χ0v) is 16.5. The van der Waals surface area contributed by atoms with E-state index in [1.165, 1.54) is 0 Å². The number of benzene rings is 1. The van der Waals surface area contributed by atoms with Crippen molar-refractivity contribution in [1.82, 2.24) is 15.1 Å². The Morgan fingerprint density at radius 2 is 2.18 bits per heavy atom. The van der Waals surface area contributed by atoms with Crippen molar-refractivity contribution < 1.29 is 23.4 Å². The number of rotatable bonds is 8. The number of hydrogen-bond acceptors (Lipinski definition) is 6. The van der Waals surface area contributed by atoms with Gasteiger partial charge in [0.05, 0.1) is 29.2 Å². The molecule has 0 amide bonds. The highest BCUT2D eigenvalue weighted by Crippen LogP contribution is 2.30. The zero-order chi connectivity index (χ0) is 20.4. The van der Waals surface area contributed by atoms with Crippen molar-refractivity contribution in [1.29, 1.82) is 0 Å². The topological polar surface area (TPSA) is 122 Å². The molecule has 1 aliphatic heterocycles. The van der Waals surface area contributed by atoms with Gasteiger partial charge in [0.25, 0.3) is 0 Å². The summed E-state index contributed by atoms with van der Waals surface area (Å²) >= 11 is 0. The Balaban J connectivity index is 1.56. The molecule has 8 nitrogen and oxygen atoms in total. The number of phenolic OH excluding ortho intramolecular Hbond substituents is 1. The van der Waals surface area contributed by atoms with Crippen LogP contribution < -0.4 is 5.32 Å². The van der Waals surface area contributed by atoms with Gasteiger partial charge in [-0.1, -0.05) is 12.1 Å². The summed E-state index contributed by atoms with van der Waals surface area (Å²) in [7, 11) is -3.02. The number of carboxylic acid groups (broad SMARTS) is 1. The van der Waals surface area contributed by atoms with Gasteiger partial charge in [-0.2, -0.15) is 5.10 Å². The first-order chi connectivity index (χ1) is 13.2. The predicted molar refractivity (Wildman–Crippen MR) is 104 cm³/mol. The normalized spacial score (nSPS) is 22.2. The zero-order valence-electron chi connectivity index (χ0n) is 15.7. The van der Waals surface area contributed by atoms with Gasteiger partial charge in [-0.05, 0) is 37.5 Å². The van der Waals surface area contributed by atoms with Crippen LogP contribution >= 0.6 is 0 Å². The second-order valence-corrected chi connectivity index (χ2v) is 9.86. The Kier molecular flexibility index (Phi) is 5.76. The monoisotopic (exact) mass is 407 g/mol. The highest BCUT2D eigenvalue weighted by molar-refractivity contribution is 7.91. The minimum atomic E-state index is -3.02.